The molecule has 10 nitrogen and oxygen atoms in total. The summed E-state index contributed by atoms with van der Waals surface area (Å²) < 4.78 is 29.0. The maximum atomic E-state index is 13.3. The molecule has 35 heavy (non-hydrogen) atoms. The van der Waals surface area contributed by atoms with Gasteiger partial charge in [0.05, 0.1) is 12.1 Å². The van der Waals surface area contributed by atoms with Crippen LogP contribution < -0.4 is 10.0 Å². The van der Waals surface area contributed by atoms with Crippen molar-refractivity contribution < 1.29 is 23.1 Å². The van der Waals surface area contributed by atoms with E-state index in [0.29, 0.717) is 42.1 Å². The maximum Gasteiger partial charge on any atom is 0.272 e. The Balaban J connectivity index is 1.48. The second-order valence-corrected chi connectivity index (χ2v) is 12.4. The van der Waals surface area contributed by atoms with Gasteiger partial charge in [-0.05, 0) is 50.8 Å². The van der Waals surface area contributed by atoms with Crippen molar-refractivity contribution in [3.8, 4) is 0 Å². The van der Waals surface area contributed by atoms with E-state index in [-0.39, 0.29) is 37.2 Å². The van der Waals surface area contributed by atoms with Gasteiger partial charge in [-0.15, -0.1) is 0 Å². The number of aliphatic hydroxyl groups is 1. The van der Waals surface area contributed by atoms with Crippen molar-refractivity contribution in [1.29, 1.82) is 0 Å². The summed E-state index contributed by atoms with van der Waals surface area (Å²) in [5.74, 6) is -0.726. The van der Waals surface area contributed by atoms with Gasteiger partial charge in [0.1, 0.15) is 10.4 Å². The lowest BCUT2D eigenvalue weighted by Gasteiger charge is -2.33. The molecule has 2 amide bonds. The van der Waals surface area contributed by atoms with Gasteiger partial charge in [-0.3, -0.25) is 14.3 Å². The largest absolute Gasteiger partial charge is 0.394 e. The predicted molar refractivity (Wildman–Crippen MR) is 131 cm³/mol. The number of carbonyl (C=O) groups excluding carboxylic acids is 2. The Hall–Kier alpha value is -2.47. The summed E-state index contributed by atoms with van der Waals surface area (Å²) in [6, 6.07) is 7.12. The molecule has 1 aromatic heterocycles. The molecular weight excluding hydrogens is 494 g/mol. The molecule has 0 spiro atoms. The molecule has 1 fully saturated rings. The SMILES string of the molecule is Cn1nc(C(=O)NCc2ccc(Cl)cc2)c2c1C(=O)N(CC1(S(=O)(=O)NC(C)(C)CO)CC1)CC2. The van der Waals surface area contributed by atoms with Gasteiger partial charge >= 0.3 is 0 Å². The second kappa shape index (κ2) is 9.20. The van der Waals surface area contributed by atoms with E-state index in [1.807, 2.05) is 12.1 Å². The maximum absolute atomic E-state index is 13.3. The average Bonchev–Trinajstić information content (AvgIpc) is 3.51. The number of aryl methyl sites for hydroxylation is 1. The summed E-state index contributed by atoms with van der Waals surface area (Å²) in [4.78, 5) is 27.7. The topological polar surface area (TPSA) is 134 Å². The fourth-order valence-corrected chi connectivity index (χ4v) is 6.38. The number of benzene rings is 1. The zero-order chi connectivity index (χ0) is 25.6. The van der Waals surface area contributed by atoms with Crippen LogP contribution in [0.1, 0.15) is 58.8 Å². The molecule has 1 aromatic carbocycles. The van der Waals surface area contributed by atoms with E-state index in [9.17, 15) is 23.1 Å². The van der Waals surface area contributed by atoms with Gasteiger partial charge in [0.25, 0.3) is 11.8 Å². The molecule has 2 heterocycles. The molecule has 0 unspecified atom stereocenters. The Morgan fingerprint density at radius 3 is 2.51 bits per heavy atom. The number of fused-ring (bicyclic) bond motifs is 1. The highest BCUT2D eigenvalue weighted by Gasteiger charge is 2.57. The molecule has 1 saturated carbocycles. The minimum absolute atomic E-state index is 0.0470. The van der Waals surface area contributed by atoms with Crippen LogP contribution in [0.2, 0.25) is 5.02 Å². The van der Waals surface area contributed by atoms with Crippen LogP contribution >= 0.6 is 11.6 Å². The molecule has 1 aliphatic heterocycles. The van der Waals surface area contributed by atoms with E-state index in [4.69, 9.17) is 11.6 Å². The van der Waals surface area contributed by atoms with Crippen LogP contribution in [0, 0.1) is 0 Å². The molecule has 0 bridgehead atoms. The highest BCUT2D eigenvalue weighted by molar-refractivity contribution is 7.91. The minimum atomic E-state index is -3.77. The van der Waals surface area contributed by atoms with Gasteiger partial charge in [0.15, 0.2) is 5.69 Å². The summed E-state index contributed by atoms with van der Waals surface area (Å²) in [5.41, 5.74) is 0.941. The third-order valence-corrected chi connectivity index (χ3v) is 9.26. The quantitative estimate of drug-likeness (QED) is 0.452. The van der Waals surface area contributed by atoms with E-state index < -0.39 is 20.3 Å². The highest BCUT2D eigenvalue weighted by atomic mass is 35.5. The third kappa shape index (κ3) is 5.09. The monoisotopic (exact) mass is 523 g/mol. The highest BCUT2D eigenvalue weighted by Crippen LogP contribution is 2.45. The number of hydrogen-bond donors (Lipinski definition) is 3. The number of aliphatic hydroxyl groups excluding tert-OH is 1. The van der Waals surface area contributed by atoms with Crippen molar-refractivity contribution in [2.75, 3.05) is 19.7 Å². The smallest absolute Gasteiger partial charge is 0.272 e. The molecule has 1 aliphatic carbocycles. The minimum Gasteiger partial charge on any atom is -0.394 e. The van der Waals surface area contributed by atoms with Gasteiger partial charge in [-0.1, -0.05) is 23.7 Å². The summed E-state index contributed by atoms with van der Waals surface area (Å²) in [5, 5.41) is 17.2. The van der Waals surface area contributed by atoms with Gasteiger partial charge in [-0.2, -0.15) is 5.10 Å². The van der Waals surface area contributed by atoms with E-state index in [1.165, 1.54) is 9.58 Å². The van der Waals surface area contributed by atoms with Crippen molar-refractivity contribution in [2.24, 2.45) is 7.05 Å². The lowest BCUT2D eigenvalue weighted by molar-refractivity contribution is 0.0724. The number of carbonyl (C=O) groups is 2. The summed E-state index contributed by atoms with van der Waals surface area (Å²) in [6.07, 6.45) is 1.26. The van der Waals surface area contributed by atoms with Crippen molar-refractivity contribution in [3.63, 3.8) is 0 Å². The Kier molecular flexibility index (Phi) is 6.73. The lowest BCUT2D eigenvalue weighted by Crippen LogP contribution is -2.54. The Morgan fingerprint density at radius 1 is 1.26 bits per heavy atom. The Labute approximate surface area is 209 Å². The Bertz CT molecular complexity index is 1250. The summed E-state index contributed by atoms with van der Waals surface area (Å²) >= 11 is 5.90. The van der Waals surface area contributed by atoms with Crippen LogP contribution in [0.3, 0.4) is 0 Å². The lowest BCUT2D eigenvalue weighted by atomic mass is 10.0. The second-order valence-electron chi connectivity index (χ2n) is 9.92. The van der Waals surface area contributed by atoms with Crippen LogP contribution in [0.5, 0.6) is 0 Å². The molecule has 190 valence electrons. The molecule has 2 aliphatic rings. The number of sulfonamides is 1. The predicted octanol–water partition coefficient (Wildman–Crippen LogP) is 1.22. The summed E-state index contributed by atoms with van der Waals surface area (Å²) in [7, 11) is -2.17. The fraction of sp³-hybridized carbons (Fsp3) is 0.522. The number of rotatable bonds is 9. The van der Waals surface area contributed by atoms with Crippen molar-refractivity contribution in [2.45, 2.75) is 49.9 Å². The van der Waals surface area contributed by atoms with Crippen LogP contribution in [0.4, 0.5) is 0 Å². The van der Waals surface area contributed by atoms with Gasteiger partial charge in [-0.25, -0.2) is 13.1 Å². The average molecular weight is 524 g/mol. The molecule has 0 atom stereocenters. The molecule has 0 saturated heterocycles. The van der Waals surface area contributed by atoms with Gasteiger partial charge in [0, 0.05) is 37.3 Å². The van der Waals surface area contributed by atoms with Crippen molar-refractivity contribution >= 4 is 33.4 Å². The Morgan fingerprint density at radius 2 is 1.91 bits per heavy atom. The first-order valence-corrected chi connectivity index (χ1v) is 13.3. The first-order chi connectivity index (χ1) is 16.4. The molecule has 12 heteroatoms. The number of nitrogens with one attached hydrogen (secondary N) is 2. The van der Waals surface area contributed by atoms with Gasteiger partial charge in [0.2, 0.25) is 10.0 Å². The summed E-state index contributed by atoms with van der Waals surface area (Å²) in [6.45, 7) is 3.49. The molecule has 0 radical (unpaired) electrons. The van der Waals surface area contributed by atoms with E-state index in [0.717, 1.165) is 5.56 Å². The van der Waals surface area contributed by atoms with Crippen molar-refractivity contribution in [1.82, 2.24) is 24.7 Å². The zero-order valence-corrected chi connectivity index (χ0v) is 21.5. The van der Waals surface area contributed by atoms with Crippen LogP contribution in [-0.4, -0.2) is 70.0 Å². The molecule has 2 aromatic rings. The molecule has 3 N–H and O–H groups in total. The fourth-order valence-electron chi connectivity index (χ4n) is 4.28. The number of hydrogen-bond acceptors (Lipinski definition) is 6. The number of nitrogens with zero attached hydrogens (tertiary/aromatic N) is 3. The molecular formula is C23H30ClN5O5S. The first kappa shape index (κ1) is 25.6. The standard InChI is InChI=1S/C23H30ClN5O5S/c1-22(2,14-30)27-35(33,34)23(9-10-23)13-29-11-8-17-18(26-28(3)19(17)21(29)32)20(31)25-12-15-4-6-16(24)7-5-15/h4-7,27,30H,8-14H2,1-3H3,(H,25,31). The van der Waals surface area contributed by atoms with E-state index in [2.05, 4.69) is 15.1 Å². The molecule has 4 rings (SSSR count). The first-order valence-electron chi connectivity index (χ1n) is 11.4. The third-order valence-electron chi connectivity index (χ3n) is 6.51. The van der Waals surface area contributed by atoms with Crippen LogP contribution in [0.25, 0.3) is 0 Å². The van der Waals surface area contributed by atoms with Crippen LogP contribution in [0.15, 0.2) is 24.3 Å². The van der Waals surface area contributed by atoms with Gasteiger partial charge < -0.3 is 15.3 Å². The number of amides is 2. The van der Waals surface area contributed by atoms with Crippen LogP contribution in [-0.2, 0) is 30.0 Å². The number of halogens is 1. The van der Waals surface area contributed by atoms with E-state index >= 15 is 0 Å². The van der Waals surface area contributed by atoms with Crippen molar-refractivity contribution in [3.05, 3.63) is 51.8 Å². The number of aromatic nitrogens is 2. The van der Waals surface area contributed by atoms with E-state index in [1.54, 1.807) is 33.0 Å². The zero-order valence-electron chi connectivity index (χ0n) is 20.0. The normalized spacial score (nSPS) is 17.3.